The van der Waals surface area contributed by atoms with Crippen LogP contribution >= 0.6 is 0 Å². The molecule has 0 bridgehead atoms. The van der Waals surface area contributed by atoms with E-state index in [1.165, 1.54) is 0 Å². The SMILES string of the molecule is O=C(Nc1ccc2c(c1)OCCO2)c1cc(F)cc(F)c1. The van der Waals surface area contributed by atoms with Gasteiger partial charge in [-0.05, 0) is 24.3 Å². The van der Waals surface area contributed by atoms with E-state index in [2.05, 4.69) is 5.32 Å². The van der Waals surface area contributed by atoms with Crippen LogP contribution in [0.15, 0.2) is 36.4 Å². The smallest absolute Gasteiger partial charge is 0.255 e. The second-order valence-electron chi connectivity index (χ2n) is 4.47. The van der Waals surface area contributed by atoms with E-state index in [4.69, 9.17) is 9.47 Å². The highest BCUT2D eigenvalue weighted by molar-refractivity contribution is 6.04. The first-order chi connectivity index (χ1) is 10.1. The number of halogens is 2. The fourth-order valence-electron chi connectivity index (χ4n) is 2.01. The summed E-state index contributed by atoms with van der Waals surface area (Å²) in [6.45, 7) is 0.904. The van der Waals surface area contributed by atoms with Crippen LogP contribution in [0.5, 0.6) is 11.5 Å². The fourth-order valence-corrected chi connectivity index (χ4v) is 2.01. The molecule has 1 heterocycles. The molecule has 0 aliphatic carbocycles. The number of nitrogens with one attached hydrogen (secondary N) is 1. The number of amides is 1. The van der Waals surface area contributed by atoms with Crippen molar-refractivity contribution >= 4 is 11.6 Å². The zero-order chi connectivity index (χ0) is 14.8. The largest absolute Gasteiger partial charge is 0.486 e. The minimum absolute atomic E-state index is 0.0950. The summed E-state index contributed by atoms with van der Waals surface area (Å²) in [6.07, 6.45) is 0. The highest BCUT2D eigenvalue weighted by Gasteiger charge is 2.14. The number of hydrogen-bond donors (Lipinski definition) is 1. The molecule has 108 valence electrons. The van der Waals surface area contributed by atoms with E-state index >= 15 is 0 Å². The maximum atomic E-state index is 13.1. The van der Waals surface area contributed by atoms with Crippen LogP contribution in [0, 0.1) is 11.6 Å². The molecule has 3 rings (SSSR count). The van der Waals surface area contributed by atoms with Crippen LogP contribution in [0.4, 0.5) is 14.5 Å². The van der Waals surface area contributed by atoms with E-state index < -0.39 is 17.5 Å². The average Bonchev–Trinajstić information content (AvgIpc) is 2.46. The van der Waals surface area contributed by atoms with Crippen molar-refractivity contribution in [2.24, 2.45) is 0 Å². The Balaban J connectivity index is 1.81. The number of benzene rings is 2. The van der Waals surface area contributed by atoms with Crippen molar-refractivity contribution in [3.8, 4) is 11.5 Å². The van der Waals surface area contributed by atoms with Crippen molar-refractivity contribution in [2.75, 3.05) is 18.5 Å². The van der Waals surface area contributed by atoms with Gasteiger partial charge in [0.1, 0.15) is 24.8 Å². The molecular weight excluding hydrogens is 280 g/mol. The van der Waals surface area contributed by atoms with E-state index in [9.17, 15) is 13.6 Å². The Morgan fingerprint density at radius 3 is 2.33 bits per heavy atom. The summed E-state index contributed by atoms with van der Waals surface area (Å²) in [6, 6.07) is 7.53. The minimum Gasteiger partial charge on any atom is -0.486 e. The number of hydrogen-bond acceptors (Lipinski definition) is 3. The molecule has 1 aliphatic heterocycles. The molecule has 2 aromatic rings. The topological polar surface area (TPSA) is 47.6 Å². The molecule has 0 unspecified atom stereocenters. The van der Waals surface area contributed by atoms with E-state index in [1.54, 1.807) is 18.2 Å². The van der Waals surface area contributed by atoms with Crippen LogP contribution in [-0.2, 0) is 0 Å². The predicted molar refractivity (Wildman–Crippen MR) is 71.7 cm³/mol. The summed E-state index contributed by atoms with van der Waals surface area (Å²) in [7, 11) is 0. The molecule has 1 aliphatic rings. The van der Waals surface area contributed by atoms with Gasteiger partial charge in [-0.15, -0.1) is 0 Å². The van der Waals surface area contributed by atoms with Crippen molar-refractivity contribution in [2.45, 2.75) is 0 Å². The van der Waals surface area contributed by atoms with E-state index in [1.807, 2.05) is 0 Å². The third-order valence-electron chi connectivity index (χ3n) is 2.92. The quantitative estimate of drug-likeness (QED) is 0.925. The first-order valence-electron chi connectivity index (χ1n) is 6.29. The lowest BCUT2D eigenvalue weighted by atomic mass is 10.2. The van der Waals surface area contributed by atoms with Gasteiger partial charge in [-0.3, -0.25) is 4.79 Å². The lowest BCUT2D eigenvalue weighted by Gasteiger charge is -2.19. The molecule has 21 heavy (non-hydrogen) atoms. The molecule has 0 fully saturated rings. The van der Waals surface area contributed by atoms with Gasteiger partial charge in [-0.2, -0.15) is 0 Å². The van der Waals surface area contributed by atoms with E-state index in [0.29, 0.717) is 36.5 Å². The predicted octanol–water partition coefficient (Wildman–Crippen LogP) is 2.99. The molecule has 4 nitrogen and oxygen atoms in total. The molecule has 1 amide bonds. The van der Waals surface area contributed by atoms with Crippen LogP contribution in [0.3, 0.4) is 0 Å². The lowest BCUT2D eigenvalue weighted by molar-refractivity contribution is 0.102. The van der Waals surface area contributed by atoms with Gasteiger partial charge in [0, 0.05) is 23.4 Å². The second-order valence-corrected chi connectivity index (χ2v) is 4.47. The Hall–Kier alpha value is -2.63. The summed E-state index contributed by atoms with van der Waals surface area (Å²) < 4.78 is 36.9. The summed E-state index contributed by atoms with van der Waals surface area (Å²) in [5.74, 6) is -1.10. The molecule has 0 radical (unpaired) electrons. The number of rotatable bonds is 2. The van der Waals surface area contributed by atoms with Crippen LogP contribution in [0.1, 0.15) is 10.4 Å². The standard InChI is InChI=1S/C15H11F2NO3/c16-10-5-9(6-11(17)7-10)15(19)18-12-1-2-13-14(8-12)21-4-3-20-13/h1-2,5-8H,3-4H2,(H,18,19). The Labute approximate surface area is 119 Å². The average molecular weight is 291 g/mol. The van der Waals surface area contributed by atoms with Gasteiger partial charge in [0.15, 0.2) is 11.5 Å². The maximum absolute atomic E-state index is 13.1. The maximum Gasteiger partial charge on any atom is 0.255 e. The molecule has 1 N–H and O–H groups in total. The summed E-state index contributed by atoms with van der Waals surface area (Å²) in [5, 5.41) is 2.55. The van der Waals surface area contributed by atoms with E-state index in [-0.39, 0.29) is 5.56 Å². The zero-order valence-electron chi connectivity index (χ0n) is 10.9. The summed E-state index contributed by atoms with van der Waals surface area (Å²) in [5.41, 5.74) is 0.358. The molecule has 0 saturated heterocycles. The summed E-state index contributed by atoms with van der Waals surface area (Å²) in [4.78, 5) is 12.0. The zero-order valence-corrected chi connectivity index (χ0v) is 10.9. The lowest BCUT2D eigenvalue weighted by Crippen LogP contribution is -2.16. The minimum atomic E-state index is -0.803. The van der Waals surface area contributed by atoms with Crippen LogP contribution in [-0.4, -0.2) is 19.1 Å². The molecule has 6 heteroatoms. The number of fused-ring (bicyclic) bond motifs is 1. The number of carbonyl (C=O) groups is 1. The first-order valence-corrected chi connectivity index (χ1v) is 6.29. The number of carbonyl (C=O) groups excluding carboxylic acids is 1. The third-order valence-corrected chi connectivity index (χ3v) is 2.92. The van der Waals surface area contributed by atoms with Gasteiger partial charge in [-0.25, -0.2) is 8.78 Å². The van der Waals surface area contributed by atoms with Gasteiger partial charge in [0.25, 0.3) is 5.91 Å². The van der Waals surface area contributed by atoms with Crippen molar-refractivity contribution in [3.05, 3.63) is 53.6 Å². The Morgan fingerprint density at radius 1 is 0.952 bits per heavy atom. The van der Waals surface area contributed by atoms with Gasteiger partial charge >= 0.3 is 0 Å². The molecule has 2 aromatic carbocycles. The Bertz CT molecular complexity index is 683. The van der Waals surface area contributed by atoms with Gasteiger partial charge < -0.3 is 14.8 Å². The molecule has 0 aromatic heterocycles. The summed E-state index contributed by atoms with van der Waals surface area (Å²) >= 11 is 0. The van der Waals surface area contributed by atoms with Crippen LogP contribution in [0.2, 0.25) is 0 Å². The van der Waals surface area contributed by atoms with Crippen molar-refractivity contribution in [3.63, 3.8) is 0 Å². The van der Waals surface area contributed by atoms with Gasteiger partial charge in [-0.1, -0.05) is 0 Å². The van der Waals surface area contributed by atoms with Gasteiger partial charge in [0.05, 0.1) is 0 Å². The molecular formula is C15H11F2NO3. The third kappa shape index (κ3) is 2.94. The normalized spacial score (nSPS) is 12.9. The fraction of sp³-hybridized carbons (Fsp3) is 0.133. The highest BCUT2D eigenvalue weighted by atomic mass is 19.1. The van der Waals surface area contributed by atoms with Crippen molar-refractivity contribution < 1.29 is 23.0 Å². The van der Waals surface area contributed by atoms with E-state index in [0.717, 1.165) is 12.1 Å². The number of anilines is 1. The van der Waals surface area contributed by atoms with Gasteiger partial charge in [0.2, 0.25) is 0 Å². The Kier molecular flexibility index (Phi) is 3.43. The molecule has 0 spiro atoms. The van der Waals surface area contributed by atoms with Crippen molar-refractivity contribution in [1.82, 2.24) is 0 Å². The first kappa shape index (κ1) is 13.4. The molecule has 0 saturated carbocycles. The van der Waals surface area contributed by atoms with Crippen LogP contribution in [0.25, 0.3) is 0 Å². The molecule has 0 atom stereocenters. The second kappa shape index (κ2) is 5.40. The Morgan fingerprint density at radius 2 is 1.62 bits per heavy atom. The van der Waals surface area contributed by atoms with Crippen molar-refractivity contribution in [1.29, 1.82) is 0 Å². The monoisotopic (exact) mass is 291 g/mol. The number of ether oxygens (including phenoxy) is 2. The van der Waals surface area contributed by atoms with Crippen LogP contribution < -0.4 is 14.8 Å². The highest BCUT2D eigenvalue weighted by Crippen LogP contribution is 2.32.